The molecule has 0 radical (unpaired) electrons. The highest BCUT2D eigenvalue weighted by Crippen LogP contribution is 2.28. The van der Waals surface area contributed by atoms with E-state index in [1.54, 1.807) is 31.0 Å². The van der Waals surface area contributed by atoms with Gasteiger partial charge in [-0.15, -0.1) is 5.10 Å². The van der Waals surface area contributed by atoms with Crippen LogP contribution in [0.4, 0.5) is 0 Å². The third-order valence-electron chi connectivity index (χ3n) is 2.68. The van der Waals surface area contributed by atoms with Gasteiger partial charge in [-0.2, -0.15) is 0 Å². The Kier molecular flexibility index (Phi) is 5.53. The number of carbonyl (C=O) groups excluding carboxylic acids is 1. The normalized spacial score (nSPS) is 10.3. The molecular formula is C12H16N6O3S. The topological polar surface area (TPSA) is 104 Å². The SMILES string of the molecule is CNC(=O)COc1cc(CSc2nnnn2C)ncc1OC. The number of tetrazole rings is 1. The molecule has 2 heterocycles. The van der Waals surface area contributed by atoms with Gasteiger partial charge in [0.2, 0.25) is 5.16 Å². The number of hydrogen-bond donors (Lipinski definition) is 1. The van der Waals surface area contributed by atoms with E-state index in [2.05, 4.69) is 25.8 Å². The van der Waals surface area contributed by atoms with Crippen LogP contribution in [0.3, 0.4) is 0 Å². The fourth-order valence-electron chi connectivity index (χ4n) is 1.51. The minimum absolute atomic E-state index is 0.0866. The number of aromatic nitrogens is 5. The van der Waals surface area contributed by atoms with Crippen LogP contribution in [0.1, 0.15) is 5.69 Å². The number of thioether (sulfide) groups is 1. The molecule has 0 aromatic carbocycles. The zero-order valence-corrected chi connectivity index (χ0v) is 13.3. The molecular weight excluding hydrogens is 308 g/mol. The van der Waals surface area contributed by atoms with Crippen LogP contribution in [-0.4, -0.2) is 51.9 Å². The molecule has 0 unspecified atom stereocenters. The first-order valence-corrected chi connectivity index (χ1v) is 7.34. The highest BCUT2D eigenvalue weighted by molar-refractivity contribution is 7.98. The van der Waals surface area contributed by atoms with E-state index in [1.807, 2.05) is 0 Å². The van der Waals surface area contributed by atoms with Crippen LogP contribution in [0.25, 0.3) is 0 Å². The maximum absolute atomic E-state index is 11.3. The van der Waals surface area contributed by atoms with E-state index >= 15 is 0 Å². The minimum atomic E-state index is -0.222. The first-order chi connectivity index (χ1) is 10.6. The Morgan fingerprint density at radius 2 is 2.27 bits per heavy atom. The number of nitrogens with zero attached hydrogens (tertiary/aromatic N) is 5. The van der Waals surface area contributed by atoms with Crippen LogP contribution in [0.15, 0.2) is 17.4 Å². The van der Waals surface area contributed by atoms with Crippen molar-refractivity contribution in [1.29, 1.82) is 0 Å². The summed E-state index contributed by atoms with van der Waals surface area (Å²) in [5, 5.41) is 14.4. The molecule has 9 nitrogen and oxygen atoms in total. The van der Waals surface area contributed by atoms with Crippen molar-refractivity contribution in [3.63, 3.8) is 0 Å². The monoisotopic (exact) mass is 324 g/mol. The number of carbonyl (C=O) groups is 1. The minimum Gasteiger partial charge on any atom is -0.491 e. The Bertz CT molecular complexity index is 648. The molecule has 2 rings (SSSR count). The van der Waals surface area contributed by atoms with Crippen LogP contribution in [-0.2, 0) is 17.6 Å². The van der Waals surface area contributed by atoms with E-state index in [-0.39, 0.29) is 12.5 Å². The molecule has 0 saturated heterocycles. The van der Waals surface area contributed by atoms with Crippen molar-refractivity contribution in [1.82, 2.24) is 30.5 Å². The van der Waals surface area contributed by atoms with E-state index in [0.717, 1.165) is 5.69 Å². The summed E-state index contributed by atoms with van der Waals surface area (Å²) >= 11 is 1.45. The molecule has 0 aliphatic heterocycles. The third kappa shape index (κ3) is 4.07. The fourth-order valence-corrected chi connectivity index (χ4v) is 2.26. The molecule has 0 spiro atoms. The van der Waals surface area contributed by atoms with Crippen LogP contribution < -0.4 is 14.8 Å². The van der Waals surface area contributed by atoms with Gasteiger partial charge in [0, 0.05) is 25.9 Å². The summed E-state index contributed by atoms with van der Waals surface area (Å²) in [7, 11) is 4.83. The summed E-state index contributed by atoms with van der Waals surface area (Å²) in [5.41, 5.74) is 0.765. The van der Waals surface area contributed by atoms with Gasteiger partial charge in [0.1, 0.15) is 0 Å². The standard InChI is InChI=1S/C12H16N6O3S/c1-13-11(19)6-21-9-4-8(14-5-10(9)20-3)7-22-12-15-16-17-18(12)2/h4-5H,6-7H2,1-3H3,(H,13,19). The molecule has 0 aliphatic rings. The van der Waals surface area contributed by atoms with Gasteiger partial charge < -0.3 is 14.8 Å². The summed E-state index contributed by atoms with van der Waals surface area (Å²) in [6.45, 7) is -0.0866. The van der Waals surface area contributed by atoms with Gasteiger partial charge in [0.05, 0.1) is 19.0 Å². The van der Waals surface area contributed by atoms with Gasteiger partial charge in [-0.05, 0) is 10.4 Å². The lowest BCUT2D eigenvalue weighted by molar-refractivity contribution is -0.122. The maximum Gasteiger partial charge on any atom is 0.257 e. The number of hydrogen-bond acceptors (Lipinski definition) is 8. The number of methoxy groups -OCH3 is 1. The predicted octanol–water partition coefficient (Wildman–Crippen LogP) is 0.0308. The highest BCUT2D eigenvalue weighted by atomic mass is 32.2. The highest BCUT2D eigenvalue weighted by Gasteiger charge is 2.11. The lowest BCUT2D eigenvalue weighted by atomic mass is 10.3. The quantitative estimate of drug-likeness (QED) is 0.711. The van der Waals surface area contributed by atoms with Gasteiger partial charge >= 0.3 is 0 Å². The molecule has 0 saturated carbocycles. The second-order valence-electron chi connectivity index (χ2n) is 4.16. The zero-order valence-electron chi connectivity index (χ0n) is 12.4. The molecule has 0 aliphatic carbocycles. The van der Waals surface area contributed by atoms with E-state index in [4.69, 9.17) is 9.47 Å². The number of ether oxygens (including phenoxy) is 2. The van der Waals surface area contributed by atoms with E-state index in [1.165, 1.54) is 18.9 Å². The summed E-state index contributed by atoms with van der Waals surface area (Å²) in [5.74, 6) is 1.28. The van der Waals surface area contributed by atoms with Crippen molar-refractivity contribution in [2.75, 3.05) is 20.8 Å². The molecule has 22 heavy (non-hydrogen) atoms. The van der Waals surface area contributed by atoms with Crippen LogP contribution in [0.2, 0.25) is 0 Å². The molecule has 1 amide bonds. The van der Waals surface area contributed by atoms with Gasteiger partial charge in [0.25, 0.3) is 5.91 Å². The average Bonchev–Trinajstić information content (AvgIpc) is 2.95. The van der Waals surface area contributed by atoms with Gasteiger partial charge in [-0.25, -0.2) is 4.68 Å². The molecule has 2 aromatic heterocycles. The van der Waals surface area contributed by atoms with Crippen LogP contribution >= 0.6 is 11.8 Å². The van der Waals surface area contributed by atoms with Crippen molar-refractivity contribution in [2.24, 2.45) is 7.05 Å². The molecule has 0 fully saturated rings. The second kappa shape index (κ2) is 7.59. The van der Waals surface area contributed by atoms with Crippen LogP contribution in [0, 0.1) is 0 Å². The largest absolute Gasteiger partial charge is 0.491 e. The van der Waals surface area contributed by atoms with Crippen molar-refractivity contribution >= 4 is 17.7 Å². The number of likely N-dealkylation sites (N-methyl/N-ethyl adjacent to an activating group) is 1. The summed E-state index contributed by atoms with van der Waals surface area (Å²) in [4.78, 5) is 15.5. The van der Waals surface area contributed by atoms with Crippen molar-refractivity contribution in [3.8, 4) is 11.5 Å². The van der Waals surface area contributed by atoms with Crippen LogP contribution in [0.5, 0.6) is 11.5 Å². The molecule has 0 atom stereocenters. The predicted molar refractivity (Wildman–Crippen MR) is 78.7 cm³/mol. The maximum atomic E-state index is 11.3. The Balaban J connectivity index is 2.05. The first kappa shape index (κ1) is 16.0. The molecule has 1 N–H and O–H groups in total. The Labute approximate surface area is 131 Å². The second-order valence-corrected chi connectivity index (χ2v) is 5.10. The smallest absolute Gasteiger partial charge is 0.257 e. The number of aryl methyl sites for hydroxylation is 1. The lowest BCUT2D eigenvalue weighted by Crippen LogP contribution is -2.25. The van der Waals surface area contributed by atoms with Crippen molar-refractivity contribution < 1.29 is 14.3 Å². The van der Waals surface area contributed by atoms with Gasteiger partial charge in [-0.3, -0.25) is 9.78 Å². The third-order valence-corrected chi connectivity index (χ3v) is 3.72. The lowest BCUT2D eigenvalue weighted by Gasteiger charge is -2.11. The van der Waals surface area contributed by atoms with Crippen molar-refractivity contribution in [2.45, 2.75) is 10.9 Å². The Morgan fingerprint density at radius 1 is 1.45 bits per heavy atom. The van der Waals surface area contributed by atoms with E-state index in [0.29, 0.717) is 22.4 Å². The van der Waals surface area contributed by atoms with E-state index < -0.39 is 0 Å². The van der Waals surface area contributed by atoms with Crippen molar-refractivity contribution in [3.05, 3.63) is 18.0 Å². The molecule has 2 aromatic rings. The summed E-state index contributed by atoms with van der Waals surface area (Å²) < 4.78 is 12.2. The van der Waals surface area contributed by atoms with E-state index in [9.17, 15) is 4.79 Å². The zero-order chi connectivity index (χ0) is 15.9. The molecule has 118 valence electrons. The molecule has 0 bridgehead atoms. The Morgan fingerprint density at radius 3 is 2.91 bits per heavy atom. The first-order valence-electron chi connectivity index (χ1n) is 6.35. The number of nitrogens with one attached hydrogen (secondary N) is 1. The molecule has 10 heteroatoms. The summed E-state index contributed by atoms with van der Waals surface area (Å²) in [6, 6.07) is 1.73. The fraction of sp³-hybridized carbons (Fsp3) is 0.417. The Hall–Kier alpha value is -2.36. The average molecular weight is 324 g/mol. The number of amides is 1. The number of pyridine rings is 1. The van der Waals surface area contributed by atoms with Gasteiger partial charge in [-0.1, -0.05) is 11.8 Å². The van der Waals surface area contributed by atoms with Gasteiger partial charge in [0.15, 0.2) is 18.1 Å². The summed E-state index contributed by atoms with van der Waals surface area (Å²) in [6.07, 6.45) is 1.56. The number of rotatable bonds is 7.